The molecule has 1 aromatic rings. The Morgan fingerprint density at radius 1 is 1.06 bits per heavy atom. The predicted octanol–water partition coefficient (Wildman–Crippen LogP) is 3.12. The van der Waals surface area contributed by atoms with Crippen molar-refractivity contribution in [2.45, 2.75) is 26.7 Å². The van der Waals surface area contributed by atoms with Gasteiger partial charge in [0.2, 0.25) is 0 Å². The van der Waals surface area contributed by atoms with Crippen LogP contribution in [0.2, 0.25) is 0 Å². The van der Waals surface area contributed by atoms with Crippen molar-refractivity contribution in [2.24, 2.45) is 17.8 Å². The molecule has 0 N–H and O–H groups in total. The Morgan fingerprint density at radius 3 is 2.18 bits per heavy atom. The molecule has 1 saturated carbocycles. The monoisotopic (exact) mass is 230 g/mol. The SMILES string of the molecule is CC(=O)[C@@H]1CC[C@@H](C(=O)c2ccccc2)[C@H]1C. The van der Waals surface area contributed by atoms with Crippen LogP contribution in [-0.2, 0) is 4.79 Å². The Labute approximate surface area is 102 Å². The van der Waals surface area contributed by atoms with E-state index in [0.717, 1.165) is 18.4 Å². The first-order valence-corrected chi connectivity index (χ1v) is 6.21. The van der Waals surface area contributed by atoms with E-state index in [2.05, 4.69) is 0 Å². The molecule has 17 heavy (non-hydrogen) atoms. The number of hydrogen-bond donors (Lipinski definition) is 0. The van der Waals surface area contributed by atoms with Crippen LogP contribution >= 0.6 is 0 Å². The van der Waals surface area contributed by atoms with Gasteiger partial charge in [-0.15, -0.1) is 0 Å². The lowest BCUT2D eigenvalue weighted by atomic mass is 9.85. The molecule has 2 rings (SSSR count). The third-order valence-electron chi connectivity index (χ3n) is 3.98. The van der Waals surface area contributed by atoms with Gasteiger partial charge in [-0.05, 0) is 25.7 Å². The third-order valence-corrected chi connectivity index (χ3v) is 3.98. The number of ketones is 2. The number of hydrogen-bond acceptors (Lipinski definition) is 2. The highest BCUT2D eigenvalue weighted by Crippen LogP contribution is 2.39. The molecule has 1 aliphatic rings. The minimum Gasteiger partial charge on any atom is -0.300 e. The summed E-state index contributed by atoms with van der Waals surface area (Å²) in [4.78, 5) is 23.8. The summed E-state index contributed by atoms with van der Waals surface area (Å²) in [5.41, 5.74) is 0.772. The molecule has 0 radical (unpaired) electrons. The summed E-state index contributed by atoms with van der Waals surface area (Å²) in [7, 11) is 0. The summed E-state index contributed by atoms with van der Waals surface area (Å²) in [6, 6.07) is 9.39. The lowest BCUT2D eigenvalue weighted by molar-refractivity contribution is -0.121. The van der Waals surface area contributed by atoms with Gasteiger partial charge in [0, 0.05) is 17.4 Å². The van der Waals surface area contributed by atoms with Crippen LogP contribution < -0.4 is 0 Å². The number of carbonyl (C=O) groups is 2. The molecule has 1 aromatic carbocycles. The summed E-state index contributed by atoms with van der Waals surface area (Å²) in [5.74, 6) is 0.696. The average molecular weight is 230 g/mol. The first kappa shape index (κ1) is 12.0. The van der Waals surface area contributed by atoms with Crippen LogP contribution in [0.25, 0.3) is 0 Å². The first-order valence-electron chi connectivity index (χ1n) is 6.21. The molecule has 0 saturated heterocycles. The first-order chi connectivity index (χ1) is 8.11. The van der Waals surface area contributed by atoms with Gasteiger partial charge in [-0.2, -0.15) is 0 Å². The van der Waals surface area contributed by atoms with Crippen LogP contribution in [0.1, 0.15) is 37.0 Å². The van der Waals surface area contributed by atoms with Gasteiger partial charge >= 0.3 is 0 Å². The molecule has 3 atom stereocenters. The minimum absolute atomic E-state index is 0.0197. The van der Waals surface area contributed by atoms with Crippen molar-refractivity contribution < 1.29 is 9.59 Å². The zero-order valence-corrected chi connectivity index (χ0v) is 10.3. The van der Waals surface area contributed by atoms with Gasteiger partial charge < -0.3 is 0 Å². The molecule has 1 aliphatic carbocycles. The second kappa shape index (κ2) is 4.82. The van der Waals surface area contributed by atoms with Crippen molar-refractivity contribution in [1.29, 1.82) is 0 Å². The van der Waals surface area contributed by atoms with Gasteiger partial charge in [-0.3, -0.25) is 9.59 Å². The van der Waals surface area contributed by atoms with Crippen molar-refractivity contribution in [3.8, 4) is 0 Å². The van der Waals surface area contributed by atoms with Gasteiger partial charge in [-0.1, -0.05) is 37.3 Å². The molecule has 0 bridgehead atoms. The van der Waals surface area contributed by atoms with Gasteiger partial charge in [0.1, 0.15) is 5.78 Å². The van der Waals surface area contributed by atoms with E-state index in [1.165, 1.54) is 0 Å². The van der Waals surface area contributed by atoms with Crippen LogP contribution in [0.15, 0.2) is 30.3 Å². The summed E-state index contributed by atoms with van der Waals surface area (Å²) in [6.07, 6.45) is 1.71. The fourth-order valence-electron chi connectivity index (χ4n) is 2.93. The maximum atomic E-state index is 12.3. The molecule has 0 aliphatic heterocycles. The molecule has 2 nitrogen and oxygen atoms in total. The van der Waals surface area contributed by atoms with Crippen molar-refractivity contribution in [3.63, 3.8) is 0 Å². The number of benzene rings is 1. The van der Waals surface area contributed by atoms with Crippen LogP contribution in [0, 0.1) is 17.8 Å². The predicted molar refractivity (Wildman–Crippen MR) is 66.8 cm³/mol. The zero-order chi connectivity index (χ0) is 12.4. The highest BCUT2D eigenvalue weighted by atomic mass is 16.1. The average Bonchev–Trinajstić information content (AvgIpc) is 2.71. The van der Waals surface area contributed by atoms with Crippen molar-refractivity contribution in [2.75, 3.05) is 0 Å². The zero-order valence-electron chi connectivity index (χ0n) is 10.3. The number of Topliss-reactive ketones (excluding diaryl/α,β-unsaturated/α-hetero) is 2. The maximum absolute atomic E-state index is 12.3. The Kier molecular flexibility index (Phi) is 3.41. The molecule has 1 fully saturated rings. The lowest BCUT2D eigenvalue weighted by Crippen LogP contribution is -2.23. The van der Waals surface area contributed by atoms with E-state index in [-0.39, 0.29) is 29.3 Å². The molecule has 0 unspecified atom stereocenters. The molecular formula is C15H18O2. The standard InChI is InChI=1S/C15H18O2/c1-10-13(11(2)16)8-9-14(10)15(17)12-6-4-3-5-7-12/h3-7,10,13-14H,8-9H2,1-2H3/t10-,13+,14+/m0/s1. The Morgan fingerprint density at radius 2 is 1.65 bits per heavy atom. The van der Waals surface area contributed by atoms with Crippen LogP contribution in [0.5, 0.6) is 0 Å². The normalized spacial score (nSPS) is 28.0. The highest BCUT2D eigenvalue weighted by Gasteiger charge is 2.39. The van der Waals surface area contributed by atoms with Gasteiger partial charge in [0.15, 0.2) is 5.78 Å². The summed E-state index contributed by atoms with van der Waals surface area (Å²) >= 11 is 0. The Balaban J connectivity index is 2.15. The summed E-state index contributed by atoms with van der Waals surface area (Å²) in [5, 5.41) is 0. The van der Waals surface area contributed by atoms with Crippen molar-refractivity contribution >= 4 is 11.6 Å². The largest absolute Gasteiger partial charge is 0.300 e. The van der Waals surface area contributed by atoms with E-state index in [1.54, 1.807) is 6.92 Å². The fraction of sp³-hybridized carbons (Fsp3) is 0.467. The van der Waals surface area contributed by atoms with E-state index in [1.807, 2.05) is 37.3 Å². The maximum Gasteiger partial charge on any atom is 0.166 e. The molecule has 2 heteroatoms. The second-order valence-corrected chi connectivity index (χ2v) is 4.99. The van der Waals surface area contributed by atoms with Gasteiger partial charge in [0.25, 0.3) is 0 Å². The summed E-state index contributed by atoms with van der Waals surface area (Å²) < 4.78 is 0. The molecule has 90 valence electrons. The van der Waals surface area contributed by atoms with Gasteiger partial charge in [0.05, 0.1) is 0 Å². The highest BCUT2D eigenvalue weighted by molar-refractivity contribution is 5.98. The van der Waals surface area contributed by atoms with E-state index in [4.69, 9.17) is 0 Å². The van der Waals surface area contributed by atoms with E-state index >= 15 is 0 Å². The molecular weight excluding hydrogens is 212 g/mol. The Bertz CT molecular complexity index is 422. The van der Waals surface area contributed by atoms with Crippen LogP contribution in [-0.4, -0.2) is 11.6 Å². The minimum atomic E-state index is 0.0197. The lowest BCUT2D eigenvalue weighted by Gasteiger charge is -2.17. The van der Waals surface area contributed by atoms with Crippen molar-refractivity contribution in [3.05, 3.63) is 35.9 Å². The van der Waals surface area contributed by atoms with Crippen molar-refractivity contribution in [1.82, 2.24) is 0 Å². The molecule has 0 spiro atoms. The fourth-order valence-corrected chi connectivity index (χ4v) is 2.93. The number of rotatable bonds is 3. The molecule has 0 aromatic heterocycles. The van der Waals surface area contributed by atoms with Crippen LogP contribution in [0.3, 0.4) is 0 Å². The second-order valence-electron chi connectivity index (χ2n) is 4.99. The van der Waals surface area contributed by atoms with E-state index < -0.39 is 0 Å². The smallest absolute Gasteiger partial charge is 0.166 e. The summed E-state index contributed by atoms with van der Waals surface area (Å²) in [6.45, 7) is 3.67. The van der Waals surface area contributed by atoms with Crippen LogP contribution in [0.4, 0.5) is 0 Å². The molecule has 0 amide bonds. The van der Waals surface area contributed by atoms with E-state index in [9.17, 15) is 9.59 Å². The van der Waals surface area contributed by atoms with Gasteiger partial charge in [-0.25, -0.2) is 0 Å². The topological polar surface area (TPSA) is 34.1 Å². The third kappa shape index (κ3) is 2.31. The Hall–Kier alpha value is -1.44. The quantitative estimate of drug-likeness (QED) is 0.748. The van der Waals surface area contributed by atoms with E-state index in [0.29, 0.717) is 0 Å². The molecule has 0 heterocycles. The number of carbonyl (C=O) groups excluding carboxylic acids is 2.